The summed E-state index contributed by atoms with van der Waals surface area (Å²) in [6.45, 7) is 3.45. The van der Waals surface area contributed by atoms with Crippen LogP contribution in [0.1, 0.15) is 6.92 Å². The monoisotopic (exact) mass is 387 g/mol. The maximum absolute atomic E-state index is 11.9. The van der Waals surface area contributed by atoms with E-state index in [9.17, 15) is 18.5 Å². The summed E-state index contributed by atoms with van der Waals surface area (Å²) < 4.78 is 26.3. The number of nitro groups is 1. The fraction of sp³-hybridized carbons (Fsp3) is 0.400. The fourth-order valence-electron chi connectivity index (χ4n) is 1.34. The molecule has 0 aromatic heterocycles. The first-order valence-electron chi connectivity index (χ1n) is 5.53. The van der Waals surface area contributed by atoms with E-state index in [0.29, 0.717) is 6.54 Å². The van der Waals surface area contributed by atoms with Crippen molar-refractivity contribution in [2.75, 3.05) is 19.6 Å². The van der Waals surface area contributed by atoms with Crippen molar-refractivity contribution >= 4 is 44.0 Å². The molecule has 0 amide bonds. The minimum Gasteiger partial charge on any atom is -0.316 e. The third kappa shape index (κ3) is 5.33. The normalized spacial score (nSPS) is 10.9. The number of nitrogens with zero attached hydrogens (tertiary/aromatic N) is 1. The van der Waals surface area contributed by atoms with Crippen LogP contribution < -0.4 is 10.0 Å². The predicted octanol–water partition coefficient (Wildman–Crippen LogP) is 1.67. The van der Waals surface area contributed by atoms with Gasteiger partial charge in [0.25, 0.3) is 5.69 Å². The highest BCUT2D eigenvalue weighted by Gasteiger charge is 2.18. The van der Waals surface area contributed by atoms with Crippen molar-refractivity contribution in [3.05, 3.63) is 32.8 Å². The quantitative estimate of drug-likeness (QED) is 0.420. The topological polar surface area (TPSA) is 101 Å². The SMILES string of the molecule is CCNCCNS(=O)(=O)c1ccc([N+](=O)[O-])c(Br)c1.Cl. The van der Waals surface area contributed by atoms with E-state index in [-0.39, 0.29) is 34.0 Å². The lowest BCUT2D eigenvalue weighted by Crippen LogP contribution is -2.31. The molecule has 0 aliphatic rings. The number of nitrogens with one attached hydrogen (secondary N) is 2. The molecule has 20 heavy (non-hydrogen) atoms. The van der Waals surface area contributed by atoms with Crippen LogP contribution in [0.5, 0.6) is 0 Å². The Morgan fingerprint density at radius 3 is 2.50 bits per heavy atom. The summed E-state index contributed by atoms with van der Waals surface area (Å²) in [5, 5.41) is 13.6. The molecule has 7 nitrogen and oxygen atoms in total. The van der Waals surface area contributed by atoms with Crippen LogP contribution in [-0.4, -0.2) is 33.0 Å². The lowest BCUT2D eigenvalue weighted by molar-refractivity contribution is -0.385. The van der Waals surface area contributed by atoms with Gasteiger partial charge in [-0.1, -0.05) is 6.92 Å². The molecule has 114 valence electrons. The van der Waals surface area contributed by atoms with Gasteiger partial charge in [0.05, 0.1) is 14.3 Å². The Morgan fingerprint density at radius 2 is 2.00 bits per heavy atom. The van der Waals surface area contributed by atoms with Crippen molar-refractivity contribution in [2.24, 2.45) is 0 Å². The van der Waals surface area contributed by atoms with Gasteiger partial charge in [0, 0.05) is 19.2 Å². The number of benzene rings is 1. The average Bonchev–Trinajstić information content (AvgIpc) is 2.34. The summed E-state index contributed by atoms with van der Waals surface area (Å²) in [7, 11) is -3.65. The first-order valence-corrected chi connectivity index (χ1v) is 7.80. The molecule has 1 aromatic rings. The molecule has 0 saturated heterocycles. The molecule has 2 N–H and O–H groups in total. The van der Waals surface area contributed by atoms with Crippen molar-refractivity contribution in [1.82, 2.24) is 10.0 Å². The third-order valence-corrected chi connectivity index (χ3v) is 4.36. The van der Waals surface area contributed by atoms with Crippen molar-refractivity contribution in [1.29, 1.82) is 0 Å². The van der Waals surface area contributed by atoms with Gasteiger partial charge in [-0.2, -0.15) is 0 Å². The van der Waals surface area contributed by atoms with E-state index in [1.54, 1.807) is 0 Å². The summed E-state index contributed by atoms with van der Waals surface area (Å²) in [5.74, 6) is 0. The molecule has 0 unspecified atom stereocenters. The molecule has 0 bridgehead atoms. The van der Waals surface area contributed by atoms with Crippen molar-refractivity contribution < 1.29 is 13.3 Å². The van der Waals surface area contributed by atoms with E-state index >= 15 is 0 Å². The summed E-state index contributed by atoms with van der Waals surface area (Å²) in [4.78, 5) is 10.0. The second kappa shape index (κ2) is 8.53. The van der Waals surface area contributed by atoms with Crippen LogP contribution in [0.25, 0.3) is 0 Å². The molecule has 0 aliphatic carbocycles. The van der Waals surface area contributed by atoms with E-state index in [4.69, 9.17) is 0 Å². The lowest BCUT2D eigenvalue weighted by Gasteiger charge is -2.07. The number of hydrogen-bond acceptors (Lipinski definition) is 5. The Hall–Kier alpha value is -0.740. The standard InChI is InChI=1S/C10H14BrN3O4S.ClH/c1-2-12-5-6-13-19(17,18)8-3-4-10(14(15)16)9(11)7-8;/h3-4,7,12-13H,2,5-6H2,1H3;1H. The molecule has 1 aromatic carbocycles. The van der Waals surface area contributed by atoms with Gasteiger partial charge in [-0.25, -0.2) is 13.1 Å². The van der Waals surface area contributed by atoms with Crippen molar-refractivity contribution in [3.8, 4) is 0 Å². The lowest BCUT2D eigenvalue weighted by atomic mass is 10.3. The van der Waals surface area contributed by atoms with E-state index in [1.807, 2.05) is 6.92 Å². The average molecular weight is 389 g/mol. The number of sulfonamides is 1. The van der Waals surface area contributed by atoms with E-state index < -0.39 is 14.9 Å². The Kier molecular flexibility index (Phi) is 8.21. The maximum atomic E-state index is 11.9. The third-order valence-electron chi connectivity index (χ3n) is 2.27. The zero-order valence-corrected chi connectivity index (χ0v) is 13.8. The van der Waals surface area contributed by atoms with E-state index in [0.717, 1.165) is 12.6 Å². The summed E-state index contributed by atoms with van der Waals surface area (Å²) in [5.41, 5.74) is -0.174. The van der Waals surface area contributed by atoms with E-state index in [2.05, 4.69) is 26.0 Å². The van der Waals surface area contributed by atoms with Crippen LogP contribution in [0, 0.1) is 10.1 Å². The van der Waals surface area contributed by atoms with Crippen LogP contribution in [0.3, 0.4) is 0 Å². The highest BCUT2D eigenvalue weighted by Crippen LogP contribution is 2.27. The summed E-state index contributed by atoms with van der Waals surface area (Å²) >= 11 is 2.99. The van der Waals surface area contributed by atoms with Crippen LogP contribution in [-0.2, 0) is 10.0 Å². The molecule has 0 aliphatic heterocycles. The van der Waals surface area contributed by atoms with Crippen LogP contribution in [0.15, 0.2) is 27.6 Å². The molecule has 0 radical (unpaired) electrons. The Bertz CT molecular complexity index is 568. The number of halogens is 2. The Morgan fingerprint density at radius 1 is 1.35 bits per heavy atom. The number of nitro benzene ring substituents is 1. The van der Waals surface area contributed by atoms with Gasteiger partial charge in [-0.15, -0.1) is 12.4 Å². The van der Waals surface area contributed by atoms with Gasteiger partial charge >= 0.3 is 0 Å². The first kappa shape index (κ1) is 19.3. The summed E-state index contributed by atoms with van der Waals surface area (Å²) in [6, 6.07) is 3.58. The highest BCUT2D eigenvalue weighted by atomic mass is 79.9. The smallest absolute Gasteiger partial charge is 0.283 e. The molecular weight excluding hydrogens is 374 g/mol. The Labute approximate surface area is 131 Å². The van der Waals surface area contributed by atoms with Crippen LogP contribution in [0.2, 0.25) is 0 Å². The van der Waals surface area contributed by atoms with Gasteiger partial charge in [0.1, 0.15) is 0 Å². The fourth-order valence-corrected chi connectivity index (χ4v) is 3.07. The molecular formula is C10H15BrClN3O4S. The minimum atomic E-state index is -3.65. The van der Waals surface area contributed by atoms with Gasteiger partial charge in [-0.3, -0.25) is 10.1 Å². The summed E-state index contributed by atoms with van der Waals surface area (Å²) in [6.07, 6.45) is 0. The van der Waals surface area contributed by atoms with Gasteiger partial charge < -0.3 is 5.32 Å². The molecule has 0 atom stereocenters. The molecule has 1 rings (SSSR count). The second-order valence-electron chi connectivity index (χ2n) is 3.62. The Balaban J connectivity index is 0.00000361. The minimum absolute atomic E-state index is 0. The molecule has 0 heterocycles. The van der Waals surface area contributed by atoms with Gasteiger partial charge in [0.15, 0.2) is 0 Å². The maximum Gasteiger partial charge on any atom is 0.283 e. The van der Waals surface area contributed by atoms with Crippen LogP contribution >= 0.6 is 28.3 Å². The largest absolute Gasteiger partial charge is 0.316 e. The number of likely N-dealkylation sites (N-methyl/N-ethyl adjacent to an activating group) is 1. The second-order valence-corrected chi connectivity index (χ2v) is 6.24. The highest BCUT2D eigenvalue weighted by molar-refractivity contribution is 9.10. The number of rotatable bonds is 7. The molecule has 0 spiro atoms. The van der Waals surface area contributed by atoms with E-state index in [1.165, 1.54) is 12.1 Å². The van der Waals surface area contributed by atoms with Gasteiger partial charge in [0.2, 0.25) is 10.0 Å². The van der Waals surface area contributed by atoms with Crippen LogP contribution in [0.4, 0.5) is 5.69 Å². The molecule has 10 heteroatoms. The van der Waals surface area contributed by atoms with Crippen molar-refractivity contribution in [2.45, 2.75) is 11.8 Å². The zero-order valence-electron chi connectivity index (χ0n) is 10.6. The van der Waals surface area contributed by atoms with Gasteiger partial charge in [-0.05, 0) is 34.6 Å². The zero-order chi connectivity index (χ0) is 14.5. The predicted molar refractivity (Wildman–Crippen MR) is 81.8 cm³/mol. The first-order chi connectivity index (χ1) is 8.88. The van der Waals surface area contributed by atoms with Crippen molar-refractivity contribution in [3.63, 3.8) is 0 Å². The number of hydrogen-bond donors (Lipinski definition) is 2. The molecule has 0 saturated carbocycles. The molecule has 0 fully saturated rings.